The Kier molecular flexibility index (Phi) is 4.49. The van der Waals surface area contributed by atoms with E-state index in [4.69, 9.17) is 9.47 Å². The van der Waals surface area contributed by atoms with Crippen molar-refractivity contribution in [1.82, 2.24) is 10.2 Å². The molecule has 28 heavy (non-hydrogen) atoms. The Morgan fingerprint density at radius 2 is 1.71 bits per heavy atom. The van der Waals surface area contributed by atoms with Crippen LogP contribution in [0.4, 0.5) is 4.79 Å². The second-order valence-electron chi connectivity index (χ2n) is 7.91. The van der Waals surface area contributed by atoms with Gasteiger partial charge in [-0.2, -0.15) is 0 Å². The van der Waals surface area contributed by atoms with E-state index in [1.54, 1.807) is 6.92 Å². The minimum Gasteiger partial charge on any atom is -0.454 e. The summed E-state index contributed by atoms with van der Waals surface area (Å²) in [6.07, 6.45) is 0.386. The van der Waals surface area contributed by atoms with Crippen molar-refractivity contribution >= 4 is 11.9 Å². The van der Waals surface area contributed by atoms with E-state index in [0.717, 1.165) is 11.1 Å². The molecule has 2 heterocycles. The van der Waals surface area contributed by atoms with Crippen molar-refractivity contribution in [2.45, 2.75) is 45.2 Å². The predicted octanol–water partition coefficient (Wildman–Crippen LogP) is 3.59. The van der Waals surface area contributed by atoms with Crippen LogP contribution in [-0.2, 0) is 17.8 Å². The fourth-order valence-corrected chi connectivity index (χ4v) is 3.66. The van der Waals surface area contributed by atoms with Crippen molar-refractivity contribution in [1.29, 1.82) is 0 Å². The molecule has 2 aromatic rings. The van der Waals surface area contributed by atoms with Gasteiger partial charge in [-0.15, -0.1) is 0 Å². The van der Waals surface area contributed by atoms with E-state index >= 15 is 0 Å². The number of imide groups is 1. The summed E-state index contributed by atoms with van der Waals surface area (Å²) in [7, 11) is 0. The van der Waals surface area contributed by atoms with Gasteiger partial charge >= 0.3 is 6.03 Å². The van der Waals surface area contributed by atoms with E-state index < -0.39 is 5.54 Å². The summed E-state index contributed by atoms with van der Waals surface area (Å²) in [5.74, 6) is 1.58. The molecule has 2 aromatic carbocycles. The number of hydrogen-bond donors (Lipinski definition) is 1. The molecular formula is C22H24N2O4. The molecule has 0 spiro atoms. The van der Waals surface area contributed by atoms with Crippen LogP contribution in [0.3, 0.4) is 0 Å². The fraction of sp³-hybridized carbons (Fsp3) is 0.364. The molecular weight excluding hydrogens is 356 g/mol. The van der Waals surface area contributed by atoms with Crippen LogP contribution in [0.1, 0.15) is 43.4 Å². The maximum atomic E-state index is 13.0. The van der Waals surface area contributed by atoms with Gasteiger partial charge in [-0.05, 0) is 41.7 Å². The third-order valence-electron chi connectivity index (χ3n) is 5.33. The highest BCUT2D eigenvalue weighted by atomic mass is 16.7. The molecule has 0 radical (unpaired) electrons. The second-order valence-corrected chi connectivity index (χ2v) is 7.91. The molecule has 0 saturated carbocycles. The molecule has 0 aliphatic carbocycles. The molecule has 3 amide bonds. The Hall–Kier alpha value is -3.02. The molecule has 6 heteroatoms. The number of benzene rings is 2. The quantitative estimate of drug-likeness (QED) is 0.805. The average Bonchev–Trinajstić information content (AvgIpc) is 3.20. The summed E-state index contributed by atoms with van der Waals surface area (Å²) in [4.78, 5) is 26.8. The van der Waals surface area contributed by atoms with Crippen LogP contribution >= 0.6 is 0 Å². The number of fused-ring (bicyclic) bond motifs is 1. The number of amides is 3. The molecule has 1 atom stereocenters. The van der Waals surface area contributed by atoms with Gasteiger partial charge in [-0.1, -0.05) is 44.2 Å². The van der Waals surface area contributed by atoms with Crippen molar-refractivity contribution in [3.05, 3.63) is 59.2 Å². The lowest BCUT2D eigenvalue weighted by Gasteiger charge is -2.22. The molecule has 4 rings (SSSR count). The van der Waals surface area contributed by atoms with Crippen LogP contribution in [0.15, 0.2) is 42.5 Å². The number of urea groups is 1. The van der Waals surface area contributed by atoms with E-state index in [2.05, 4.69) is 19.2 Å². The molecule has 2 aliphatic rings. The number of rotatable bonds is 5. The highest BCUT2D eigenvalue weighted by Crippen LogP contribution is 2.34. The smallest absolute Gasteiger partial charge is 0.325 e. The van der Waals surface area contributed by atoms with Crippen molar-refractivity contribution in [2.75, 3.05) is 6.79 Å². The summed E-state index contributed by atoms with van der Waals surface area (Å²) >= 11 is 0. The molecule has 6 nitrogen and oxygen atoms in total. The molecule has 1 saturated heterocycles. The molecule has 0 aromatic heterocycles. The standard InChI is InChI=1S/C22H24N2O4/c1-14(2)17-7-4-15(5-8-17)12-24-20(25)22(3,23-21(24)26)11-16-6-9-18-19(10-16)28-13-27-18/h4-10,14H,11-13H2,1-3H3,(H,23,26)/t22-/m0/s1. The van der Waals surface area contributed by atoms with E-state index in [0.29, 0.717) is 23.8 Å². The van der Waals surface area contributed by atoms with E-state index in [9.17, 15) is 9.59 Å². The fourth-order valence-electron chi connectivity index (χ4n) is 3.66. The minimum atomic E-state index is -0.983. The van der Waals surface area contributed by atoms with Gasteiger partial charge in [0.25, 0.3) is 5.91 Å². The molecule has 1 fully saturated rings. The van der Waals surface area contributed by atoms with Crippen LogP contribution in [0.2, 0.25) is 0 Å². The lowest BCUT2D eigenvalue weighted by Crippen LogP contribution is -2.45. The third-order valence-corrected chi connectivity index (χ3v) is 5.33. The molecule has 0 unspecified atom stereocenters. The highest BCUT2D eigenvalue weighted by molar-refractivity contribution is 6.06. The Labute approximate surface area is 164 Å². The number of hydrogen-bond acceptors (Lipinski definition) is 4. The van der Waals surface area contributed by atoms with Crippen molar-refractivity contribution in [3.63, 3.8) is 0 Å². The molecule has 0 bridgehead atoms. The van der Waals surface area contributed by atoms with Gasteiger partial charge in [0.2, 0.25) is 6.79 Å². The third kappa shape index (κ3) is 3.30. The first-order valence-corrected chi connectivity index (χ1v) is 9.47. The van der Waals surface area contributed by atoms with Crippen molar-refractivity contribution in [2.24, 2.45) is 0 Å². The van der Waals surface area contributed by atoms with E-state index in [1.807, 2.05) is 42.5 Å². The SMILES string of the molecule is CC(C)c1ccc(CN2C(=O)N[C@@](C)(Cc3ccc4c(c3)OCO4)C2=O)cc1. The molecule has 2 aliphatic heterocycles. The minimum absolute atomic E-state index is 0.203. The first-order chi connectivity index (χ1) is 13.4. The van der Waals surface area contributed by atoms with Crippen LogP contribution < -0.4 is 14.8 Å². The van der Waals surface area contributed by atoms with Gasteiger partial charge in [0.1, 0.15) is 5.54 Å². The maximum Gasteiger partial charge on any atom is 0.325 e. The zero-order chi connectivity index (χ0) is 19.9. The first-order valence-electron chi connectivity index (χ1n) is 9.47. The number of nitrogens with zero attached hydrogens (tertiary/aromatic N) is 1. The normalized spacial score (nSPS) is 20.8. The monoisotopic (exact) mass is 380 g/mol. The van der Waals surface area contributed by atoms with E-state index in [1.165, 1.54) is 10.5 Å². The summed E-state index contributed by atoms with van der Waals surface area (Å²) in [5.41, 5.74) is 2.08. The Balaban J connectivity index is 1.49. The topological polar surface area (TPSA) is 67.9 Å². The zero-order valence-electron chi connectivity index (χ0n) is 16.3. The zero-order valence-corrected chi connectivity index (χ0v) is 16.3. The maximum absolute atomic E-state index is 13.0. The molecule has 1 N–H and O–H groups in total. The summed E-state index contributed by atoms with van der Waals surface area (Å²) in [6.45, 7) is 6.50. The first kappa shape index (κ1) is 18.3. The van der Waals surface area contributed by atoms with Crippen molar-refractivity contribution in [3.8, 4) is 11.5 Å². The van der Waals surface area contributed by atoms with Crippen LogP contribution in [-0.4, -0.2) is 29.2 Å². The van der Waals surface area contributed by atoms with Crippen molar-refractivity contribution < 1.29 is 19.1 Å². The van der Waals surface area contributed by atoms with Gasteiger partial charge in [0.15, 0.2) is 11.5 Å². The summed E-state index contributed by atoms with van der Waals surface area (Å²) < 4.78 is 10.7. The van der Waals surface area contributed by atoms with Gasteiger partial charge in [-0.3, -0.25) is 9.69 Å². The lowest BCUT2D eigenvalue weighted by atomic mass is 9.92. The lowest BCUT2D eigenvalue weighted by molar-refractivity contribution is -0.131. The highest BCUT2D eigenvalue weighted by Gasteiger charge is 2.47. The predicted molar refractivity (Wildman–Crippen MR) is 104 cm³/mol. The van der Waals surface area contributed by atoms with Gasteiger partial charge in [0.05, 0.1) is 6.54 Å². The van der Waals surface area contributed by atoms with Crippen LogP contribution in [0.5, 0.6) is 11.5 Å². The van der Waals surface area contributed by atoms with E-state index in [-0.39, 0.29) is 25.3 Å². The van der Waals surface area contributed by atoms with Crippen LogP contribution in [0.25, 0.3) is 0 Å². The number of ether oxygens (including phenoxy) is 2. The second kappa shape index (κ2) is 6.86. The Morgan fingerprint density at radius 3 is 2.43 bits per heavy atom. The number of nitrogens with one attached hydrogen (secondary N) is 1. The van der Waals surface area contributed by atoms with Gasteiger partial charge in [-0.25, -0.2) is 4.79 Å². The van der Waals surface area contributed by atoms with Gasteiger partial charge in [0, 0.05) is 6.42 Å². The molecule has 146 valence electrons. The Morgan fingerprint density at radius 1 is 1.04 bits per heavy atom. The number of carbonyl (C=O) groups is 2. The Bertz CT molecular complexity index is 923. The summed E-state index contributed by atoms with van der Waals surface area (Å²) in [6, 6.07) is 13.3. The van der Waals surface area contributed by atoms with Gasteiger partial charge < -0.3 is 14.8 Å². The number of carbonyl (C=O) groups excluding carboxylic acids is 2. The average molecular weight is 380 g/mol. The summed E-state index contributed by atoms with van der Waals surface area (Å²) in [5, 5.41) is 2.86. The largest absolute Gasteiger partial charge is 0.454 e. The van der Waals surface area contributed by atoms with Crippen LogP contribution in [0, 0.1) is 0 Å².